The molecule has 0 spiro atoms. The van der Waals surface area contributed by atoms with Crippen molar-refractivity contribution in [2.45, 2.75) is 367 Å². The molecule has 0 heterocycles. The fourth-order valence-electron chi connectivity index (χ4n) is 10.4. The van der Waals surface area contributed by atoms with Crippen molar-refractivity contribution in [3.8, 4) is 0 Å². The van der Waals surface area contributed by atoms with Gasteiger partial charge in [0.05, 0.1) is 0 Å². The van der Waals surface area contributed by atoms with Gasteiger partial charge in [-0.25, -0.2) is 0 Å². The second-order valence-corrected chi connectivity index (χ2v) is 23.8. The van der Waals surface area contributed by atoms with Crippen molar-refractivity contribution in [2.75, 3.05) is 13.2 Å². The molecule has 6 nitrogen and oxygen atoms in total. The lowest BCUT2D eigenvalue weighted by atomic mass is 10.0. The standard InChI is InChI=1S/C76H134O6/c1-4-7-10-13-16-19-22-25-27-29-31-33-34-35-36-37-38-39-40-41-42-43-45-46-48-51-54-57-60-63-66-69-75(78)81-72-73(71-80-74(77)68-65-62-59-56-53-50-24-21-18-15-12-9-6-3)82-76(79)70-67-64-61-58-55-52-49-47-44-32-30-28-26-23-20-17-14-11-8-5-2/h7,10,16,19,25,27,31,33,35-36,38-39,41-42,73H,4-6,8-9,11-15,17-18,20-24,26,28-30,32,34,37,40,43-72H2,1-3H3/b10-7-,19-16-,27-25-,33-31-,36-35-,39-38-,42-41-. The largest absolute Gasteiger partial charge is 0.462 e. The minimum atomic E-state index is -0.776. The second-order valence-electron chi connectivity index (χ2n) is 23.8. The second kappa shape index (κ2) is 70.1. The SMILES string of the molecule is CC/C=C\C/C=C\C/C=C\C/C=C\C/C=C\C/C=C\C/C=C\CCCCCCCCCCCC(=O)OCC(COC(=O)CCCCCCCCCCCCCCC)OC(=O)CCCCCCCCCCCCCCCCCCCCCC. The molecule has 1 atom stereocenters. The van der Waals surface area contributed by atoms with Gasteiger partial charge >= 0.3 is 17.9 Å². The van der Waals surface area contributed by atoms with Crippen LogP contribution in [0.4, 0.5) is 0 Å². The third-order valence-corrected chi connectivity index (χ3v) is 15.7. The van der Waals surface area contributed by atoms with Gasteiger partial charge in [-0.1, -0.05) is 350 Å². The Bertz CT molecular complexity index is 1550. The topological polar surface area (TPSA) is 78.9 Å². The molecule has 474 valence electrons. The van der Waals surface area contributed by atoms with Crippen LogP contribution in [-0.2, 0) is 28.6 Å². The molecule has 1 unspecified atom stereocenters. The molecule has 0 rings (SSSR count). The molecular formula is C76H134O6. The van der Waals surface area contributed by atoms with Crippen molar-refractivity contribution < 1.29 is 28.6 Å². The maximum atomic E-state index is 12.9. The number of carbonyl (C=O) groups is 3. The van der Waals surface area contributed by atoms with Gasteiger partial charge in [0.15, 0.2) is 6.10 Å². The van der Waals surface area contributed by atoms with E-state index >= 15 is 0 Å². The highest BCUT2D eigenvalue weighted by Gasteiger charge is 2.19. The van der Waals surface area contributed by atoms with Gasteiger partial charge in [-0.15, -0.1) is 0 Å². The summed E-state index contributed by atoms with van der Waals surface area (Å²) in [7, 11) is 0. The van der Waals surface area contributed by atoms with Crippen LogP contribution in [0.1, 0.15) is 361 Å². The fourth-order valence-corrected chi connectivity index (χ4v) is 10.4. The molecular weight excluding hydrogens is 1010 g/mol. The lowest BCUT2D eigenvalue weighted by molar-refractivity contribution is -0.167. The molecule has 6 heteroatoms. The maximum Gasteiger partial charge on any atom is 0.306 e. The first-order valence-electron chi connectivity index (χ1n) is 35.6. The minimum Gasteiger partial charge on any atom is -0.462 e. The van der Waals surface area contributed by atoms with Gasteiger partial charge in [0.2, 0.25) is 0 Å². The first-order chi connectivity index (χ1) is 40.5. The monoisotopic (exact) mass is 1140 g/mol. The van der Waals surface area contributed by atoms with Crippen molar-refractivity contribution in [3.05, 3.63) is 85.1 Å². The highest BCUT2D eigenvalue weighted by Crippen LogP contribution is 2.18. The predicted octanol–water partition coefficient (Wildman–Crippen LogP) is 24.6. The van der Waals surface area contributed by atoms with Gasteiger partial charge in [0.1, 0.15) is 13.2 Å². The summed E-state index contributed by atoms with van der Waals surface area (Å²) in [6, 6.07) is 0. The molecule has 0 aliphatic carbocycles. The summed E-state index contributed by atoms with van der Waals surface area (Å²) in [5.74, 6) is -0.856. The van der Waals surface area contributed by atoms with E-state index in [4.69, 9.17) is 14.2 Å². The summed E-state index contributed by atoms with van der Waals surface area (Å²) in [4.78, 5) is 38.4. The van der Waals surface area contributed by atoms with Gasteiger partial charge in [-0.2, -0.15) is 0 Å². The number of rotatable bonds is 65. The number of ether oxygens (including phenoxy) is 3. The van der Waals surface area contributed by atoms with E-state index in [-0.39, 0.29) is 31.1 Å². The number of allylic oxidation sites excluding steroid dienone is 14. The summed E-state index contributed by atoms with van der Waals surface area (Å²) in [5, 5.41) is 0. The Balaban J connectivity index is 4.26. The van der Waals surface area contributed by atoms with E-state index in [1.807, 2.05) is 0 Å². The Morgan fingerprint density at radius 3 is 0.744 bits per heavy atom. The van der Waals surface area contributed by atoms with E-state index in [1.165, 1.54) is 212 Å². The Morgan fingerprint density at radius 1 is 0.256 bits per heavy atom. The average molecular weight is 1140 g/mol. The van der Waals surface area contributed by atoms with Crippen molar-refractivity contribution in [3.63, 3.8) is 0 Å². The average Bonchev–Trinajstić information content (AvgIpc) is 3.47. The molecule has 0 aliphatic rings. The van der Waals surface area contributed by atoms with Crippen LogP contribution >= 0.6 is 0 Å². The third kappa shape index (κ3) is 67.4. The smallest absolute Gasteiger partial charge is 0.306 e. The Labute approximate surface area is 509 Å². The summed E-state index contributed by atoms with van der Waals surface area (Å²) in [6.07, 6.45) is 93.2. The zero-order valence-corrected chi connectivity index (χ0v) is 54.5. The minimum absolute atomic E-state index is 0.0721. The molecule has 0 saturated carbocycles. The Kier molecular flexibility index (Phi) is 67.2. The number of esters is 3. The third-order valence-electron chi connectivity index (χ3n) is 15.7. The molecule has 0 aromatic carbocycles. The molecule has 0 aliphatic heterocycles. The first-order valence-corrected chi connectivity index (χ1v) is 35.6. The van der Waals surface area contributed by atoms with Crippen molar-refractivity contribution in [1.29, 1.82) is 0 Å². The summed E-state index contributed by atoms with van der Waals surface area (Å²) in [6.45, 7) is 6.58. The van der Waals surface area contributed by atoms with Crippen LogP contribution in [0, 0.1) is 0 Å². The highest BCUT2D eigenvalue weighted by atomic mass is 16.6. The molecule has 0 fully saturated rings. The number of hydrogen-bond acceptors (Lipinski definition) is 6. The molecule has 0 aromatic heterocycles. The summed E-state index contributed by atoms with van der Waals surface area (Å²) < 4.78 is 17.0. The lowest BCUT2D eigenvalue weighted by Gasteiger charge is -2.18. The molecule has 82 heavy (non-hydrogen) atoms. The van der Waals surface area contributed by atoms with Gasteiger partial charge in [0.25, 0.3) is 0 Å². The zero-order valence-electron chi connectivity index (χ0n) is 54.5. The summed E-state index contributed by atoms with van der Waals surface area (Å²) in [5.41, 5.74) is 0. The van der Waals surface area contributed by atoms with Crippen LogP contribution in [-0.4, -0.2) is 37.2 Å². The maximum absolute atomic E-state index is 12.9. The molecule has 0 N–H and O–H groups in total. The van der Waals surface area contributed by atoms with Crippen LogP contribution in [0.2, 0.25) is 0 Å². The van der Waals surface area contributed by atoms with Crippen LogP contribution < -0.4 is 0 Å². The van der Waals surface area contributed by atoms with Crippen molar-refractivity contribution in [2.24, 2.45) is 0 Å². The molecule has 0 bridgehead atoms. The Morgan fingerprint density at radius 2 is 0.476 bits per heavy atom. The normalized spacial score (nSPS) is 12.6. The molecule has 0 amide bonds. The van der Waals surface area contributed by atoms with Crippen molar-refractivity contribution >= 4 is 17.9 Å². The van der Waals surface area contributed by atoms with Gasteiger partial charge in [-0.3, -0.25) is 14.4 Å². The number of hydrogen-bond donors (Lipinski definition) is 0. The van der Waals surface area contributed by atoms with Gasteiger partial charge < -0.3 is 14.2 Å². The predicted molar refractivity (Wildman–Crippen MR) is 358 cm³/mol. The van der Waals surface area contributed by atoms with Crippen LogP contribution in [0.5, 0.6) is 0 Å². The Hall–Kier alpha value is -3.41. The lowest BCUT2D eigenvalue weighted by Crippen LogP contribution is -2.30. The fraction of sp³-hybridized carbons (Fsp3) is 0.776. The van der Waals surface area contributed by atoms with E-state index in [1.54, 1.807) is 0 Å². The molecule has 0 aromatic rings. The van der Waals surface area contributed by atoms with Crippen LogP contribution in [0.25, 0.3) is 0 Å². The van der Waals surface area contributed by atoms with Gasteiger partial charge in [0, 0.05) is 19.3 Å². The highest BCUT2D eigenvalue weighted by molar-refractivity contribution is 5.71. The van der Waals surface area contributed by atoms with Crippen molar-refractivity contribution in [1.82, 2.24) is 0 Å². The van der Waals surface area contributed by atoms with E-state index in [2.05, 4.69) is 106 Å². The van der Waals surface area contributed by atoms with Crippen LogP contribution in [0.15, 0.2) is 85.1 Å². The van der Waals surface area contributed by atoms with Crippen LogP contribution in [0.3, 0.4) is 0 Å². The number of carbonyl (C=O) groups excluding carboxylic acids is 3. The van der Waals surface area contributed by atoms with E-state index in [0.717, 1.165) is 109 Å². The first kappa shape index (κ1) is 78.6. The van der Waals surface area contributed by atoms with Gasteiger partial charge in [-0.05, 0) is 77.0 Å². The molecule has 0 radical (unpaired) electrons. The van der Waals surface area contributed by atoms with E-state index in [0.29, 0.717) is 19.3 Å². The quantitative estimate of drug-likeness (QED) is 0.0261. The number of unbranched alkanes of at least 4 members (excludes halogenated alkanes) is 40. The van der Waals surface area contributed by atoms with E-state index in [9.17, 15) is 14.4 Å². The zero-order chi connectivity index (χ0) is 59.2. The molecule has 0 saturated heterocycles. The van der Waals surface area contributed by atoms with E-state index < -0.39 is 6.10 Å². The summed E-state index contributed by atoms with van der Waals surface area (Å²) >= 11 is 0.